The van der Waals surface area contributed by atoms with Crippen LogP contribution in [0.15, 0.2) is 4.99 Å². The van der Waals surface area contributed by atoms with Crippen LogP contribution in [0.4, 0.5) is 0 Å². The van der Waals surface area contributed by atoms with Crippen molar-refractivity contribution in [3.05, 3.63) is 0 Å². The molecule has 0 aromatic rings. The number of rotatable bonds is 2. The van der Waals surface area contributed by atoms with Gasteiger partial charge < -0.3 is 25.4 Å². The molecule has 6 heteroatoms. The number of ether oxygens (including phenoxy) is 1. The number of fused-ring (bicyclic) bond motifs is 1. The summed E-state index contributed by atoms with van der Waals surface area (Å²) in [4.78, 5) is 4.13. The molecule has 1 heterocycles. The van der Waals surface area contributed by atoms with E-state index in [1.54, 1.807) is 0 Å². The van der Waals surface area contributed by atoms with E-state index in [-0.39, 0.29) is 6.61 Å². The third kappa shape index (κ3) is 1.58. The molecule has 1 saturated carbocycles. The normalized spacial score (nSPS) is 43.5. The quantitative estimate of drug-likeness (QED) is 0.431. The Morgan fingerprint density at radius 1 is 1.40 bits per heavy atom. The van der Waals surface area contributed by atoms with Gasteiger partial charge in [0.15, 0.2) is 0 Å². The highest BCUT2D eigenvalue weighted by molar-refractivity contribution is 5.76. The first kappa shape index (κ1) is 10.7. The standard InChI is InChI=1S/C9H16N2O4/c1-2-10-9-11-5-7(14)6(13)4(3-12)8(5)15-9/h4-8,12-14H,2-3H2,1H3,(H,10,11)/t4-,5-,6-,7-,8+/m1/s1. The molecule has 86 valence electrons. The summed E-state index contributed by atoms with van der Waals surface area (Å²) in [5.74, 6) is -0.468. The van der Waals surface area contributed by atoms with Crippen molar-refractivity contribution in [2.24, 2.45) is 10.9 Å². The Morgan fingerprint density at radius 3 is 2.73 bits per heavy atom. The van der Waals surface area contributed by atoms with Crippen molar-refractivity contribution in [1.82, 2.24) is 5.32 Å². The number of aliphatic imine (C=N–C) groups is 1. The SMILES string of the molecule is CCNC1=N[C@@H]2[C@@H](O)[C@H](O)[C@@H](CO)[C@@H]2O1. The molecule has 0 radical (unpaired) electrons. The number of nitrogens with one attached hydrogen (secondary N) is 1. The minimum Gasteiger partial charge on any atom is -0.459 e. The Hall–Kier alpha value is -0.850. The highest BCUT2D eigenvalue weighted by Gasteiger charge is 2.54. The van der Waals surface area contributed by atoms with Gasteiger partial charge in [-0.05, 0) is 6.92 Å². The van der Waals surface area contributed by atoms with Crippen LogP contribution in [-0.4, -0.2) is 58.8 Å². The first-order valence-corrected chi connectivity index (χ1v) is 5.14. The summed E-state index contributed by atoms with van der Waals surface area (Å²) in [6.45, 7) is 2.38. The third-order valence-electron chi connectivity index (χ3n) is 2.95. The summed E-state index contributed by atoms with van der Waals surface area (Å²) in [7, 11) is 0. The van der Waals surface area contributed by atoms with Crippen LogP contribution in [-0.2, 0) is 4.74 Å². The predicted molar refractivity (Wildman–Crippen MR) is 52.4 cm³/mol. The molecule has 1 fully saturated rings. The Labute approximate surface area is 87.6 Å². The maximum absolute atomic E-state index is 9.68. The second kappa shape index (κ2) is 3.96. The van der Waals surface area contributed by atoms with Gasteiger partial charge in [-0.25, -0.2) is 4.99 Å². The lowest BCUT2D eigenvalue weighted by molar-refractivity contribution is -0.00714. The zero-order valence-corrected chi connectivity index (χ0v) is 8.50. The van der Waals surface area contributed by atoms with Gasteiger partial charge in [-0.15, -0.1) is 0 Å². The number of nitrogens with zero attached hydrogens (tertiary/aromatic N) is 1. The monoisotopic (exact) mass is 216 g/mol. The lowest BCUT2D eigenvalue weighted by Crippen LogP contribution is -2.34. The molecule has 5 atom stereocenters. The molecule has 0 unspecified atom stereocenters. The summed E-state index contributed by atoms with van der Waals surface area (Å²) in [6.07, 6.45) is -2.34. The van der Waals surface area contributed by atoms with Crippen LogP contribution < -0.4 is 5.32 Å². The highest BCUT2D eigenvalue weighted by Crippen LogP contribution is 2.34. The number of amidine groups is 1. The van der Waals surface area contributed by atoms with Crippen LogP contribution in [0.1, 0.15) is 6.92 Å². The van der Waals surface area contributed by atoms with E-state index in [2.05, 4.69) is 10.3 Å². The molecule has 2 rings (SSSR count). The van der Waals surface area contributed by atoms with Gasteiger partial charge in [-0.3, -0.25) is 0 Å². The average Bonchev–Trinajstić information content (AvgIpc) is 2.70. The lowest BCUT2D eigenvalue weighted by atomic mass is 10.1. The van der Waals surface area contributed by atoms with Crippen LogP contribution in [0.2, 0.25) is 0 Å². The third-order valence-corrected chi connectivity index (χ3v) is 2.95. The fourth-order valence-corrected chi connectivity index (χ4v) is 2.15. The van der Waals surface area contributed by atoms with E-state index in [0.29, 0.717) is 12.6 Å². The molecule has 15 heavy (non-hydrogen) atoms. The zero-order chi connectivity index (χ0) is 11.0. The highest BCUT2D eigenvalue weighted by atomic mass is 16.5. The summed E-state index contributed by atoms with van der Waals surface area (Å²) in [5, 5.41) is 31.3. The molecule has 4 N–H and O–H groups in total. The number of hydrogen-bond donors (Lipinski definition) is 4. The van der Waals surface area contributed by atoms with Gasteiger partial charge in [0.25, 0.3) is 6.02 Å². The number of aliphatic hydroxyl groups is 3. The van der Waals surface area contributed by atoms with Crippen molar-refractivity contribution in [2.45, 2.75) is 31.3 Å². The van der Waals surface area contributed by atoms with Crippen molar-refractivity contribution in [1.29, 1.82) is 0 Å². The van der Waals surface area contributed by atoms with E-state index in [9.17, 15) is 10.2 Å². The van der Waals surface area contributed by atoms with Gasteiger partial charge >= 0.3 is 0 Å². The van der Waals surface area contributed by atoms with Gasteiger partial charge in [0.05, 0.1) is 18.6 Å². The Balaban J connectivity index is 2.11. The minimum absolute atomic E-state index is 0.214. The molecule has 0 aromatic carbocycles. The number of hydrogen-bond acceptors (Lipinski definition) is 6. The van der Waals surface area contributed by atoms with E-state index in [1.807, 2.05) is 6.92 Å². The van der Waals surface area contributed by atoms with Crippen LogP contribution in [0.3, 0.4) is 0 Å². The minimum atomic E-state index is -0.961. The second-order valence-corrected chi connectivity index (χ2v) is 3.87. The summed E-state index contributed by atoms with van der Waals surface area (Å²) in [5.41, 5.74) is 0. The molecular formula is C9H16N2O4. The molecule has 1 aliphatic carbocycles. The van der Waals surface area contributed by atoms with E-state index < -0.39 is 30.3 Å². The summed E-state index contributed by atoms with van der Waals surface area (Å²) >= 11 is 0. The predicted octanol–water partition coefficient (Wildman–Crippen LogP) is -1.94. The molecule has 6 nitrogen and oxygen atoms in total. The van der Waals surface area contributed by atoms with Crippen LogP contribution in [0.25, 0.3) is 0 Å². The molecular weight excluding hydrogens is 200 g/mol. The molecule has 1 aliphatic heterocycles. The van der Waals surface area contributed by atoms with Gasteiger partial charge in [0.2, 0.25) is 0 Å². The molecule has 0 spiro atoms. The largest absolute Gasteiger partial charge is 0.459 e. The lowest BCUT2D eigenvalue weighted by Gasteiger charge is -2.18. The topological polar surface area (TPSA) is 94.3 Å². The van der Waals surface area contributed by atoms with Crippen LogP contribution in [0.5, 0.6) is 0 Å². The summed E-state index contributed by atoms with van der Waals surface area (Å²) < 4.78 is 5.43. The Kier molecular flexibility index (Phi) is 2.81. The zero-order valence-electron chi connectivity index (χ0n) is 8.50. The molecule has 0 amide bonds. The van der Waals surface area contributed by atoms with Crippen molar-refractivity contribution < 1.29 is 20.1 Å². The van der Waals surface area contributed by atoms with Gasteiger partial charge in [0.1, 0.15) is 18.2 Å². The second-order valence-electron chi connectivity index (χ2n) is 3.87. The van der Waals surface area contributed by atoms with Crippen molar-refractivity contribution in [3.63, 3.8) is 0 Å². The van der Waals surface area contributed by atoms with Gasteiger partial charge in [-0.1, -0.05) is 0 Å². The van der Waals surface area contributed by atoms with Gasteiger partial charge in [0, 0.05) is 6.54 Å². The molecule has 2 aliphatic rings. The fraction of sp³-hybridized carbons (Fsp3) is 0.889. The van der Waals surface area contributed by atoms with E-state index in [4.69, 9.17) is 9.84 Å². The van der Waals surface area contributed by atoms with Crippen molar-refractivity contribution in [2.75, 3.05) is 13.2 Å². The molecule has 0 bridgehead atoms. The molecule has 0 saturated heterocycles. The molecule has 0 aromatic heterocycles. The smallest absolute Gasteiger partial charge is 0.285 e. The van der Waals surface area contributed by atoms with Crippen molar-refractivity contribution in [3.8, 4) is 0 Å². The maximum Gasteiger partial charge on any atom is 0.285 e. The number of aliphatic hydroxyl groups excluding tert-OH is 3. The van der Waals surface area contributed by atoms with Crippen LogP contribution in [0, 0.1) is 5.92 Å². The Morgan fingerprint density at radius 2 is 2.13 bits per heavy atom. The van der Waals surface area contributed by atoms with E-state index in [0.717, 1.165) is 0 Å². The first-order chi connectivity index (χ1) is 7.19. The average molecular weight is 216 g/mol. The fourth-order valence-electron chi connectivity index (χ4n) is 2.15. The van der Waals surface area contributed by atoms with E-state index in [1.165, 1.54) is 0 Å². The maximum atomic E-state index is 9.68. The Bertz CT molecular complexity index is 271. The first-order valence-electron chi connectivity index (χ1n) is 5.14. The van der Waals surface area contributed by atoms with Crippen LogP contribution >= 0.6 is 0 Å². The summed E-state index contributed by atoms with van der Waals surface area (Å²) in [6, 6.07) is -0.0805. The van der Waals surface area contributed by atoms with Gasteiger partial charge in [-0.2, -0.15) is 0 Å². The van der Waals surface area contributed by atoms with E-state index >= 15 is 0 Å². The van der Waals surface area contributed by atoms with Crippen molar-refractivity contribution >= 4 is 6.02 Å².